The molecule has 0 aliphatic carbocycles. The van der Waals surface area contributed by atoms with E-state index in [1.54, 1.807) is 0 Å². The number of rotatable bonds is 1. The van der Waals surface area contributed by atoms with E-state index in [0.29, 0.717) is 5.92 Å². The Hall–Kier alpha value is -3.32. The fourth-order valence-electron chi connectivity index (χ4n) is 5.07. The van der Waals surface area contributed by atoms with E-state index in [1.807, 2.05) is 0 Å². The molecular weight excluding hydrogens is 352 g/mol. The third kappa shape index (κ3) is 2.22. The van der Waals surface area contributed by atoms with Crippen molar-refractivity contribution >= 4 is 54.3 Å². The molecule has 1 heterocycles. The molecule has 0 N–H and O–H groups in total. The lowest BCUT2D eigenvalue weighted by molar-refractivity contribution is 0.656. The molecule has 0 aliphatic heterocycles. The highest BCUT2D eigenvalue weighted by molar-refractivity contribution is 6.28. The molecular formula is C28H22O. The van der Waals surface area contributed by atoms with Crippen molar-refractivity contribution in [3.05, 3.63) is 83.9 Å². The van der Waals surface area contributed by atoms with Crippen LogP contribution in [-0.2, 0) is 0 Å². The summed E-state index contributed by atoms with van der Waals surface area (Å²) in [5, 5.41) is 10.2. The number of furan rings is 1. The minimum Gasteiger partial charge on any atom is -0.456 e. The highest BCUT2D eigenvalue weighted by Crippen LogP contribution is 2.41. The van der Waals surface area contributed by atoms with Crippen LogP contribution in [0.5, 0.6) is 0 Å². The van der Waals surface area contributed by atoms with E-state index in [1.165, 1.54) is 54.2 Å². The van der Waals surface area contributed by atoms with Gasteiger partial charge < -0.3 is 4.42 Å². The van der Waals surface area contributed by atoms with Gasteiger partial charge in [0.25, 0.3) is 0 Å². The predicted molar refractivity (Wildman–Crippen MR) is 125 cm³/mol. The summed E-state index contributed by atoms with van der Waals surface area (Å²) >= 11 is 0. The molecule has 0 fully saturated rings. The average molecular weight is 374 g/mol. The van der Waals surface area contributed by atoms with Crippen LogP contribution in [0.2, 0.25) is 0 Å². The lowest BCUT2D eigenvalue weighted by Gasteiger charge is -2.10. The second-order valence-corrected chi connectivity index (χ2v) is 8.41. The van der Waals surface area contributed by atoms with Gasteiger partial charge in [-0.1, -0.05) is 74.5 Å². The maximum absolute atomic E-state index is 6.49. The van der Waals surface area contributed by atoms with E-state index in [9.17, 15) is 0 Å². The highest BCUT2D eigenvalue weighted by Gasteiger charge is 2.17. The molecule has 0 unspecified atom stereocenters. The van der Waals surface area contributed by atoms with Crippen LogP contribution in [0.4, 0.5) is 0 Å². The summed E-state index contributed by atoms with van der Waals surface area (Å²) in [6.45, 7) is 6.67. The summed E-state index contributed by atoms with van der Waals surface area (Å²) in [4.78, 5) is 0. The molecule has 0 radical (unpaired) electrons. The van der Waals surface area contributed by atoms with Crippen LogP contribution in [0.25, 0.3) is 54.3 Å². The van der Waals surface area contributed by atoms with Crippen LogP contribution < -0.4 is 0 Å². The van der Waals surface area contributed by atoms with E-state index >= 15 is 0 Å². The normalized spacial score (nSPS) is 12.3. The maximum atomic E-state index is 6.49. The van der Waals surface area contributed by atoms with Crippen LogP contribution >= 0.6 is 0 Å². The zero-order chi connectivity index (χ0) is 19.7. The van der Waals surface area contributed by atoms with Gasteiger partial charge >= 0.3 is 0 Å². The number of hydrogen-bond acceptors (Lipinski definition) is 1. The Morgan fingerprint density at radius 3 is 1.72 bits per heavy atom. The first-order valence-electron chi connectivity index (χ1n) is 10.3. The molecule has 0 spiro atoms. The van der Waals surface area contributed by atoms with Crippen molar-refractivity contribution in [1.29, 1.82) is 0 Å². The zero-order valence-corrected chi connectivity index (χ0v) is 16.9. The van der Waals surface area contributed by atoms with Crippen molar-refractivity contribution in [1.82, 2.24) is 0 Å². The summed E-state index contributed by atoms with van der Waals surface area (Å²) in [7, 11) is 0. The molecule has 0 atom stereocenters. The molecule has 1 aromatic heterocycles. The Labute approximate surface area is 169 Å². The fourth-order valence-corrected chi connectivity index (χ4v) is 5.07. The zero-order valence-electron chi connectivity index (χ0n) is 16.9. The van der Waals surface area contributed by atoms with Gasteiger partial charge in [0, 0.05) is 16.3 Å². The fraction of sp³-hybridized carbons (Fsp3) is 0.143. The summed E-state index contributed by atoms with van der Waals surface area (Å²) in [6, 6.07) is 26.5. The maximum Gasteiger partial charge on any atom is 0.139 e. The third-order valence-corrected chi connectivity index (χ3v) is 6.34. The highest BCUT2D eigenvalue weighted by atomic mass is 16.3. The average Bonchev–Trinajstić information content (AvgIpc) is 3.09. The molecule has 0 saturated heterocycles. The van der Waals surface area contributed by atoms with E-state index in [2.05, 4.69) is 93.6 Å². The first-order chi connectivity index (χ1) is 14.1. The largest absolute Gasteiger partial charge is 0.456 e. The number of aryl methyl sites for hydroxylation is 1. The number of hydrogen-bond donors (Lipinski definition) is 0. The van der Waals surface area contributed by atoms with Gasteiger partial charge in [-0.25, -0.2) is 0 Å². The Morgan fingerprint density at radius 1 is 0.586 bits per heavy atom. The molecule has 140 valence electrons. The smallest absolute Gasteiger partial charge is 0.139 e. The first kappa shape index (κ1) is 16.6. The molecule has 0 amide bonds. The number of fused-ring (bicyclic) bond motifs is 9. The molecule has 1 heteroatoms. The van der Waals surface area contributed by atoms with E-state index in [0.717, 1.165) is 11.2 Å². The second kappa shape index (κ2) is 5.84. The first-order valence-corrected chi connectivity index (χ1v) is 10.3. The van der Waals surface area contributed by atoms with Gasteiger partial charge in [-0.2, -0.15) is 0 Å². The van der Waals surface area contributed by atoms with Crippen molar-refractivity contribution < 1.29 is 4.42 Å². The van der Waals surface area contributed by atoms with Gasteiger partial charge in [0.05, 0.1) is 0 Å². The number of benzene rings is 5. The Morgan fingerprint density at radius 2 is 1.14 bits per heavy atom. The van der Waals surface area contributed by atoms with Gasteiger partial charge in [0.15, 0.2) is 0 Å². The topological polar surface area (TPSA) is 13.1 Å². The SMILES string of the molecule is Cc1ccc2c(oc3cc4c5ccccc5c5ccccc5c4cc32)c1C(C)C. The minimum atomic E-state index is 0.426. The minimum absolute atomic E-state index is 0.426. The molecule has 6 rings (SSSR count). The summed E-state index contributed by atoms with van der Waals surface area (Å²) < 4.78 is 6.49. The quantitative estimate of drug-likeness (QED) is 0.263. The Balaban J connectivity index is 1.88. The summed E-state index contributed by atoms with van der Waals surface area (Å²) in [6.07, 6.45) is 0. The van der Waals surface area contributed by atoms with Gasteiger partial charge in [-0.05, 0) is 62.9 Å². The molecule has 29 heavy (non-hydrogen) atoms. The molecule has 5 aromatic carbocycles. The van der Waals surface area contributed by atoms with Crippen molar-refractivity contribution in [2.45, 2.75) is 26.7 Å². The molecule has 0 bridgehead atoms. The van der Waals surface area contributed by atoms with Gasteiger partial charge in [0.1, 0.15) is 11.2 Å². The van der Waals surface area contributed by atoms with Crippen LogP contribution in [0, 0.1) is 6.92 Å². The van der Waals surface area contributed by atoms with Crippen LogP contribution in [0.3, 0.4) is 0 Å². The Kier molecular flexibility index (Phi) is 3.35. The van der Waals surface area contributed by atoms with Crippen LogP contribution in [-0.4, -0.2) is 0 Å². The van der Waals surface area contributed by atoms with Crippen molar-refractivity contribution in [3.8, 4) is 0 Å². The Bertz CT molecular complexity index is 1580. The lowest BCUT2D eigenvalue weighted by Crippen LogP contribution is -1.92. The second-order valence-electron chi connectivity index (χ2n) is 8.41. The third-order valence-electron chi connectivity index (χ3n) is 6.34. The monoisotopic (exact) mass is 374 g/mol. The van der Waals surface area contributed by atoms with Gasteiger partial charge in [-0.3, -0.25) is 0 Å². The van der Waals surface area contributed by atoms with Crippen LogP contribution in [0.15, 0.2) is 77.2 Å². The molecule has 0 aliphatic rings. The summed E-state index contributed by atoms with van der Waals surface area (Å²) in [5.41, 5.74) is 4.63. The van der Waals surface area contributed by atoms with Crippen molar-refractivity contribution in [2.75, 3.05) is 0 Å². The molecule has 0 saturated carbocycles. The molecule has 6 aromatic rings. The van der Waals surface area contributed by atoms with Crippen molar-refractivity contribution in [3.63, 3.8) is 0 Å². The molecule has 1 nitrogen and oxygen atoms in total. The standard InChI is InChI=1S/C28H22O/c1-16(2)27-17(3)12-13-22-25-14-23-20-10-6-4-8-18(20)19-9-5-7-11-21(19)24(23)15-26(25)29-28(22)27/h4-16H,1-3H3. The summed E-state index contributed by atoms with van der Waals surface area (Å²) in [5.74, 6) is 0.426. The predicted octanol–water partition coefficient (Wildman–Crippen LogP) is 8.48. The van der Waals surface area contributed by atoms with Gasteiger partial charge in [0.2, 0.25) is 0 Å². The van der Waals surface area contributed by atoms with E-state index in [-0.39, 0.29) is 0 Å². The van der Waals surface area contributed by atoms with E-state index < -0.39 is 0 Å². The van der Waals surface area contributed by atoms with Crippen molar-refractivity contribution in [2.24, 2.45) is 0 Å². The lowest BCUT2D eigenvalue weighted by atomic mass is 9.92. The van der Waals surface area contributed by atoms with E-state index in [4.69, 9.17) is 4.42 Å². The van der Waals surface area contributed by atoms with Gasteiger partial charge in [-0.15, -0.1) is 0 Å². The van der Waals surface area contributed by atoms with Crippen LogP contribution in [0.1, 0.15) is 30.9 Å².